The van der Waals surface area contributed by atoms with Crippen molar-refractivity contribution in [2.75, 3.05) is 40.5 Å². The number of fused-ring (bicyclic) bond motifs is 1. The van der Waals surface area contributed by atoms with Crippen LogP contribution < -0.4 is 5.32 Å². The number of nitro groups is 1. The van der Waals surface area contributed by atoms with E-state index in [-0.39, 0.29) is 17.3 Å². The van der Waals surface area contributed by atoms with E-state index in [1.54, 1.807) is 7.11 Å². The van der Waals surface area contributed by atoms with Crippen molar-refractivity contribution in [3.05, 3.63) is 34.0 Å². The molecule has 2 aromatic rings. The first-order valence-electron chi connectivity index (χ1n) is 10.7. The zero-order valence-corrected chi connectivity index (χ0v) is 18.0. The van der Waals surface area contributed by atoms with Gasteiger partial charge in [0.25, 0.3) is 5.69 Å². The van der Waals surface area contributed by atoms with E-state index in [1.807, 2.05) is 10.9 Å². The molecule has 0 amide bonds. The molecule has 31 heavy (non-hydrogen) atoms. The van der Waals surface area contributed by atoms with E-state index in [2.05, 4.69) is 15.3 Å². The number of methoxy groups -OCH3 is 2. The number of hydrogen-bond donors (Lipinski definition) is 1. The van der Waals surface area contributed by atoms with Crippen molar-refractivity contribution in [3.63, 3.8) is 0 Å². The third-order valence-electron chi connectivity index (χ3n) is 6.51. The average Bonchev–Trinajstić information content (AvgIpc) is 3.21. The van der Waals surface area contributed by atoms with E-state index >= 15 is 0 Å². The second kappa shape index (κ2) is 9.29. The number of carbonyl (C=O) groups excluding carboxylic acids is 1. The Balaban J connectivity index is 1.50. The Morgan fingerprint density at radius 1 is 1.26 bits per heavy atom. The molecule has 4 rings (SSSR count). The van der Waals surface area contributed by atoms with Crippen LogP contribution in [0.15, 0.2) is 18.3 Å². The Morgan fingerprint density at radius 2 is 2.00 bits per heavy atom. The molecule has 168 valence electrons. The smallest absolute Gasteiger partial charge is 0.344 e. The van der Waals surface area contributed by atoms with Crippen molar-refractivity contribution >= 4 is 22.6 Å². The monoisotopic (exact) mass is 431 g/mol. The van der Waals surface area contributed by atoms with Crippen LogP contribution in [0.5, 0.6) is 0 Å². The Kier molecular flexibility index (Phi) is 6.49. The summed E-state index contributed by atoms with van der Waals surface area (Å²) < 4.78 is 12.0. The van der Waals surface area contributed by atoms with Gasteiger partial charge < -0.3 is 14.8 Å². The van der Waals surface area contributed by atoms with Crippen molar-refractivity contribution in [3.8, 4) is 0 Å². The summed E-state index contributed by atoms with van der Waals surface area (Å²) in [5, 5.41) is 20.2. The molecule has 2 aliphatic rings. The molecule has 10 nitrogen and oxygen atoms in total. The van der Waals surface area contributed by atoms with Gasteiger partial charge in [-0.25, -0.2) is 4.79 Å². The number of ether oxygens (including phenoxy) is 2. The lowest BCUT2D eigenvalue weighted by Crippen LogP contribution is -2.57. The van der Waals surface area contributed by atoms with Crippen LogP contribution in [-0.4, -0.2) is 78.1 Å². The minimum absolute atomic E-state index is 0.0724. The maximum Gasteiger partial charge on any atom is 0.344 e. The molecule has 10 heteroatoms. The molecule has 2 heterocycles. The molecule has 1 N–H and O–H groups in total. The second-order valence-electron chi connectivity index (χ2n) is 8.30. The maximum absolute atomic E-state index is 12.0. The van der Waals surface area contributed by atoms with Gasteiger partial charge in [-0.05, 0) is 31.7 Å². The van der Waals surface area contributed by atoms with E-state index < -0.39 is 10.9 Å². The lowest BCUT2D eigenvalue weighted by atomic mass is 9.89. The Morgan fingerprint density at radius 3 is 2.68 bits per heavy atom. The molecule has 0 unspecified atom stereocenters. The molecule has 1 saturated heterocycles. The summed E-state index contributed by atoms with van der Waals surface area (Å²) in [4.78, 5) is 25.4. The van der Waals surface area contributed by atoms with Crippen molar-refractivity contribution < 1.29 is 19.2 Å². The van der Waals surface area contributed by atoms with E-state index in [9.17, 15) is 14.9 Å². The largest absolute Gasteiger partial charge is 0.465 e. The van der Waals surface area contributed by atoms with Crippen molar-refractivity contribution in [2.45, 2.75) is 43.8 Å². The second-order valence-corrected chi connectivity index (χ2v) is 8.30. The zero-order valence-electron chi connectivity index (χ0n) is 18.0. The Labute approximate surface area is 180 Å². The quantitative estimate of drug-likeness (QED) is 0.421. The molecule has 1 atom stereocenters. The lowest BCUT2D eigenvalue weighted by Gasteiger charge is -2.44. The molecule has 0 spiro atoms. The zero-order chi connectivity index (χ0) is 22.0. The van der Waals surface area contributed by atoms with Gasteiger partial charge in [-0.2, -0.15) is 5.10 Å². The number of carbonyl (C=O) groups is 1. The Bertz CT molecular complexity index is 951. The Hall–Kier alpha value is -2.56. The van der Waals surface area contributed by atoms with Crippen LogP contribution in [0, 0.1) is 10.1 Å². The topological polar surface area (TPSA) is 112 Å². The highest BCUT2D eigenvalue weighted by Crippen LogP contribution is 2.34. The number of esters is 1. The molecular weight excluding hydrogens is 402 g/mol. The summed E-state index contributed by atoms with van der Waals surface area (Å²) in [5.41, 5.74) is 0.234. The van der Waals surface area contributed by atoms with Gasteiger partial charge in [-0.3, -0.25) is 19.7 Å². The van der Waals surface area contributed by atoms with E-state index in [0.29, 0.717) is 23.0 Å². The van der Waals surface area contributed by atoms with E-state index in [4.69, 9.17) is 9.47 Å². The standard InChI is InChI=1S/C21H29N5O5/c1-30-13-17-11-22-7-8-24(17)15-3-5-16(6-4-15)25-12-14-9-20(26(28)29)18(21(27)31-2)10-19(14)23-25/h9-10,12,15-17,22H,3-8,11,13H2,1-2H3/t15?,16?,17-/m0/s1. The summed E-state index contributed by atoms with van der Waals surface area (Å²) in [5.74, 6) is -0.731. The summed E-state index contributed by atoms with van der Waals surface area (Å²) in [6.45, 7) is 3.74. The first kappa shape index (κ1) is 21.7. The number of piperazine rings is 1. The van der Waals surface area contributed by atoms with E-state index in [0.717, 1.165) is 51.9 Å². The maximum atomic E-state index is 12.0. The molecule has 0 bridgehead atoms. The highest BCUT2D eigenvalue weighted by Gasteiger charge is 2.33. The predicted octanol–water partition coefficient (Wildman–Crippen LogP) is 2.13. The summed E-state index contributed by atoms with van der Waals surface area (Å²) in [7, 11) is 2.96. The number of hydrogen-bond acceptors (Lipinski definition) is 8. The van der Waals surface area contributed by atoms with Gasteiger partial charge in [0.1, 0.15) is 5.56 Å². The molecular formula is C21H29N5O5. The first-order valence-corrected chi connectivity index (χ1v) is 10.7. The third kappa shape index (κ3) is 4.41. The lowest BCUT2D eigenvalue weighted by molar-refractivity contribution is -0.385. The fraction of sp³-hybridized carbons (Fsp3) is 0.619. The van der Waals surface area contributed by atoms with Crippen LogP contribution in [0.4, 0.5) is 5.69 Å². The minimum Gasteiger partial charge on any atom is -0.465 e. The number of rotatable bonds is 6. The average molecular weight is 431 g/mol. The molecule has 1 aromatic heterocycles. The van der Waals surface area contributed by atoms with Gasteiger partial charge in [-0.15, -0.1) is 0 Å². The van der Waals surface area contributed by atoms with Gasteiger partial charge in [0.2, 0.25) is 0 Å². The SMILES string of the molecule is COC[C@@H]1CNCCN1C1CCC(n2cc3cc([N+](=O)[O-])c(C(=O)OC)cc3n2)CC1. The number of nitrogens with one attached hydrogen (secondary N) is 1. The fourth-order valence-corrected chi connectivity index (χ4v) is 4.95. The fourth-order valence-electron chi connectivity index (χ4n) is 4.95. The van der Waals surface area contributed by atoms with Crippen LogP contribution >= 0.6 is 0 Å². The van der Waals surface area contributed by atoms with Crippen molar-refractivity contribution in [1.82, 2.24) is 20.0 Å². The molecule has 0 radical (unpaired) electrons. The summed E-state index contributed by atoms with van der Waals surface area (Å²) in [6, 6.07) is 4.05. The van der Waals surface area contributed by atoms with Crippen LogP contribution in [0.1, 0.15) is 42.1 Å². The summed E-state index contributed by atoms with van der Waals surface area (Å²) >= 11 is 0. The van der Waals surface area contributed by atoms with Crippen molar-refractivity contribution in [2.24, 2.45) is 0 Å². The number of nitro benzene ring substituents is 1. The van der Waals surface area contributed by atoms with Crippen LogP contribution in [0.25, 0.3) is 10.9 Å². The first-order chi connectivity index (χ1) is 15.0. The molecule has 1 aliphatic heterocycles. The molecule has 1 aromatic carbocycles. The summed E-state index contributed by atoms with van der Waals surface area (Å²) in [6.07, 6.45) is 6.00. The number of nitrogens with zero attached hydrogens (tertiary/aromatic N) is 4. The van der Waals surface area contributed by atoms with Crippen LogP contribution in [-0.2, 0) is 9.47 Å². The van der Waals surface area contributed by atoms with Gasteiger partial charge in [0, 0.05) is 56.5 Å². The molecule has 2 fully saturated rings. The number of benzene rings is 1. The van der Waals surface area contributed by atoms with Crippen molar-refractivity contribution in [1.29, 1.82) is 0 Å². The van der Waals surface area contributed by atoms with Gasteiger partial charge in [-0.1, -0.05) is 0 Å². The van der Waals surface area contributed by atoms with Crippen LogP contribution in [0.3, 0.4) is 0 Å². The normalized spacial score (nSPS) is 24.9. The number of aromatic nitrogens is 2. The van der Waals surface area contributed by atoms with E-state index in [1.165, 1.54) is 19.2 Å². The third-order valence-corrected chi connectivity index (χ3v) is 6.51. The predicted molar refractivity (Wildman–Crippen MR) is 114 cm³/mol. The van der Waals surface area contributed by atoms with Gasteiger partial charge >= 0.3 is 5.97 Å². The minimum atomic E-state index is -0.731. The van der Waals surface area contributed by atoms with Crippen LogP contribution in [0.2, 0.25) is 0 Å². The van der Waals surface area contributed by atoms with Gasteiger partial charge in [0.15, 0.2) is 0 Å². The highest BCUT2D eigenvalue weighted by molar-refractivity contribution is 5.99. The van der Waals surface area contributed by atoms with Gasteiger partial charge in [0.05, 0.1) is 30.2 Å². The molecule has 1 aliphatic carbocycles. The molecule has 1 saturated carbocycles. The highest BCUT2D eigenvalue weighted by atomic mass is 16.6.